The molecule has 41 heteroatoms. The molecule has 0 spiro atoms. The van der Waals surface area contributed by atoms with Gasteiger partial charge in [0.25, 0.3) is 0 Å². The Kier molecular flexibility index (Phi) is 37.4. The van der Waals surface area contributed by atoms with E-state index in [0.29, 0.717) is 31.2 Å². The van der Waals surface area contributed by atoms with Gasteiger partial charge in [0.15, 0.2) is 0 Å². The summed E-state index contributed by atoms with van der Waals surface area (Å²) in [5.74, 6) is -17.4. The van der Waals surface area contributed by atoms with E-state index in [9.17, 15) is 107 Å². The summed E-state index contributed by atoms with van der Waals surface area (Å²) < 4.78 is 0. The van der Waals surface area contributed by atoms with E-state index in [2.05, 4.69) is 74.1 Å². The number of hydrogen-bond acceptors (Lipinski definition) is 22. The van der Waals surface area contributed by atoms with Crippen LogP contribution >= 0.6 is 0 Å². The van der Waals surface area contributed by atoms with Crippen molar-refractivity contribution >= 4 is 117 Å². The van der Waals surface area contributed by atoms with Crippen molar-refractivity contribution in [3.8, 4) is 0 Å². The summed E-state index contributed by atoms with van der Waals surface area (Å²) in [6.45, 7) is 24.2. The molecule has 3 aliphatic rings. The van der Waals surface area contributed by atoms with Crippen LogP contribution in [0, 0.1) is 17.8 Å². The van der Waals surface area contributed by atoms with Gasteiger partial charge in [-0.25, -0.2) is 0 Å². The Morgan fingerprint density at radius 2 is 0.946 bits per heavy atom. The van der Waals surface area contributed by atoms with E-state index < -0.39 is 269 Å². The molecule has 0 aliphatic carbocycles. The topological polar surface area (TPSA) is 622 Å². The second kappa shape index (κ2) is 45.5. The molecule has 714 valence electrons. The van der Waals surface area contributed by atoms with Crippen LogP contribution in [-0.4, -0.2) is 285 Å². The van der Waals surface area contributed by atoms with Crippen molar-refractivity contribution in [2.75, 3.05) is 26.2 Å². The number of aliphatic hydroxyl groups is 4. The maximum Gasteiger partial charge on any atom is 0.248 e. The van der Waals surface area contributed by atoms with Gasteiger partial charge in [0.2, 0.25) is 106 Å². The van der Waals surface area contributed by atoms with Crippen molar-refractivity contribution in [3.05, 3.63) is 71.9 Å². The molecule has 41 nitrogen and oxygen atoms in total. The highest BCUT2D eigenvalue weighted by atomic mass is 16.3. The zero-order chi connectivity index (χ0) is 97.0. The average Bonchev–Trinajstić information content (AvgIpc) is 1.68. The van der Waals surface area contributed by atoms with Crippen molar-refractivity contribution < 1.29 is 107 Å². The zero-order valence-electron chi connectivity index (χ0n) is 77.0. The van der Waals surface area contributed by atoms with Crippen LogP contribution in [0.2, 0.25) is 0 Å². The number of rotatable bonds is 45. The molecule has 3 aliphatic heterocycles. The van der Waals surface area contributed by atoms with Gasteiger partial charge in [-0.05, 0) is 150 Å². The Hall–Kier alpha value is -11.7. The Morgan fingerprint density at radius 3 is 1.46 bits per heavy atom. The Morgan fingerprint density at radius 1 is 0.481 bits per heavy atom. The first-order chi connectivity index (χ1) is 60.0. The molecule has 2 aromatic carbocycles. The number of benzene rings is 2. The fraction of sp³-hybridized carbons (Fsp3) is 0.636. The molecule has 15 atom stereocenters. The maximum absolute atomic E-state index is 14.8. The van der Waals surface area contributed by atoms with Gasteiger partial charge in [-0.15, -0.1) is 0 Å². The third-order valence-electron chi connectivity index (χ3n) is 23.1. The summed E-state index contributed by atoms with van der Waals surface area (Å²) in [6, 6.07) is 1.46. The van der Waals surface area contributed by atoms with Crippen molar-refractivity contribution in [2.45, 2.75) is 314 Å². The molecular formula is C88H135N19O22. The van der Waals surface area contributed by atoms with Crippen molar-refractivity contribution in [3.63, 3.8) is 0 Å². The lowest BCUT2D eigenvalue weighted by Crippen LogP contribution is -2.66. The number of carbonyl (C=O) groups excluding carboxylic acids is 18. The standard InChI is InChI=1S/C88H135N19O22/c1-19-47(6)67(97-69(115)60(92-49(8)110)38-51-41-91-56-29-24-23-28-55(51)56)77(123)95-58(32-34-65(90)114)70(116)100-85(11,12)80(126)99-66(46(4)5)76(122)98-68(48(7)109)78(124)104-84(9,10)79(125)96-59(36-45(2)3)72(118)102-88(17,18)82(128)106-42-53(111)39-62(106)74(120)94-57(31-33-64(89)113)71(117)101-87(15,16)83(129)107-43-54(112)40-63(107)75(121)103-86(13,14)81(127)105-35-25-30-61(105)73(119)93-52(44-108)37-50-26-21-20-22-27-50/h20-24,26-29,41,45-48,52-54,57-63,66-68,91,108-109,111-112H,19,25,30-40,42-44H2,1-18H3,(H2,89,113)(H2,90,114)(H,92,110)(H,93,119)(H,94,120)(H,95,123)(H,96,125)(H,97,115)(H,98,122)(H,99,126)(H,100,116)(H,101,117)(H,102,118)(H,103,121)(H,104,124). The number of carbonyl (C=O) groups is 18. The zero-order valence-corrected chi connectivity index (χ0v) is 77.0. The molecule has 0 bridgehead atoms. The summed E-state index contributed by atoms with van der Waals surface area (Å²) >= 11 is 0. The summed E-state index contributed by atoms with van der Waals surface area (Å²) in [7, 11) is 0. The van der Waals surface area contributed by atoms with Gasteiger partial charge >= 0.3 is 0 Å². The molecule has 3 fully saturated rings. The van der Waals surface area contributed by atoms with E-state index in [1.807, 2.05) is 54.6 Å². The molecule has 6 rings (SSSR count). The molecule has 0 saturated carbocycles. The van der Waals surface area contributed by atoms with Crippen molar-refractivity contribution in [2.24, 2.45) is 29.2 Å². The Balaban J connectivity index is 1.07. The molecule has 3 saturated heterocycles. The van der Waals surface area contributed by atoms with E-state index in [-0.39, 0.29) is 44.8 Å². The van der Waals surface area contributed by atoms with Gasteiger partial charge < -0.3 is 121 Å². The molecule has 0 radical (unpaired) electrons. The third kappa shape index (κ3) is 29.4. The predicted molar refractivity (Wildman–Crippen MR) is 471 cm³/mol. The summed E-state index contributed by atoms with van der Waals surface area (Å²) in [5, 5.41) is 77.9. The van der Waals surface area contributed by atoms with Gasteiger partial charge in [-0.1, -0.05) is 96.5 Å². The quantitative estimate of drug-likeness (QED) is 0.0266. The number of aliphatic hydroxyl groups excluding tert-OH is 4. The first-order valence-electron chi connectivity index (χ1n) is 43.7. The van der Waals surface area contributed by atoms with E-state index >= 15 is 0 Å². The van der Waals surface area contributed by atoms with Gasteiger partial charge in [0.05, 0.1) is 31.0 Å². The van der Waals surface area contributed by atoms with Gasteiger partial charge in [0, 0.05) is 75.8 Å². The minimum atomic E-state index is -1.97. The summed E-state index contributed by atoms with van der Waals surface area (Å²) in [6.07, 6.45) is -3.71. The number of hydrogen-bond donors (Lipinski definition) is 20. The average molecular weight is 1810 g/mol. The second-order valence-electron chi connectivity index (χ2n) is 37.4. The Labute approximate surface area is 751 Å². The predicted octanol–water partition coefficient (Wildman–Crippen LogP) is -3.11. The molecular weight excluding hydrogens is 1680 g/mol. The third-order valence-corrected chi connectivity index (χ3v) is 23.1. The van der Waals surface area contributed by atoms with Gasteiger partial charge in [0.1, 0.15) is 88.1 Å². The largest absolute Gasteiger partial charge is 0.394 e. The number of nitrogens with zero attached hydrogens (tertiary/aromatic N) is 3. The maximum atomic E-state index is 14.8. The van der Waals surface area contributed by atoms with E-state index in [0.717, 1.165) is 33.2 Å². The normalized spacial score (nSPS) is 19.0. The second-order valence-corrected chi connectivity index (χ2v) is 37.4. The number of aromatic amines is 1. The van der Waals surface area contributed by atoms with Crippen LogP contribution < -0.4 is 80.6 Å². The van der Waals surface area contributed by atoms with Crippen LogP contribution in [0.25, 0.3) is 10.9 Å². The molecule has 15 unspecified atom stereocenters. The number of likely N-dealkylation sites (tertiary alicyclic amines) is 3. The highest BCUT2D eigenvalue weighted by Crippen LogP contribution is 2.29. The molecule has 1 aromatic heterocycles. The van der Waals surface area contributed by atoms with Crippen molar-refractivity contribution in [1.82, 2.24) is 88.8 Å². The SMILES string of the molecule is CCC(C)C(NC(=O)C(Cc1c[nH]c2ccccc12)NC(C)=O)C(=O)NC(CCC(N)=O)C(=O)NC(C)(C)C(=O)NC(C(=O)NC(C(=O)NC(C)(C)C(=O)NC(CC(C)C)C(=O)NC(C)(C)C(=O)N1CC(O)CC1C(=O)NC(CCC(N)=O)C(=O)NC(C)(C)C(=O)N1CC(O)CC1C(=O)NC(C)(C)C(=O)N1CCCC1C(=O)NC(CO)Cc1ccccc1)C(C)O)C(C)C. The number of H-pyrrole nitrogens is 1. The van der Waals surface area contributed by atoms with Crippen LogP contribution in [0.3, 0.4) is 0 Å². The fourth-order valence-electron chi connectivity index (χ4n) is 15.6. The van der Waals surface area contributed by atoms with E-state index in [1.54, 1.807) is 33.9 Å². The first-order valence-corrected chi connectivity index (χ1v) is 43.7. The van der Waals surface area contributed by atoms with Crippen LogP contribution in [0.4, 0.5) is 0 Å². The van der Waals surface area contributed by atoms with Gasteiger partial charge in [-0.2, -0.15) is 0 Å². The van der Waals surface area contributed by atoms with E-state index in [1.165, 1.54) is 94.9 Å². The summed E-state index contributed by atoms with van der Waals surface area (Å²) in [5.41, 5.74) is 3.89. The van der Waals surface area contributed by atoms with Crippen LogP contribution in [0.15, 0.2) is 60.8 Å². The highest BCUT2D eigenvalue weighted by Gasteiger charge is 2.51. The van der Waals surface area contributed by atoms with Crippen LogP contribution in [0.5, 0.6) is 0 Å². The number of aromatic nitrogens is 1. The summed E-state index contributed by atoms with van der Waals surface area (Å²) in [4.78, 5) is 258. The molecule has 129 heavy (non-hydrogen) atoms. The number of fused-ring (bicyclic) bond motifs is 1. The van der Waals surface area contributed by atoms with Gasteiger partial charge in [-0.3, -0.25) is 86.3 Å². The lowest BCUT2D eigenvalue weighted by atomic mass is 9.96. The minimum absolute atomic E-state index is 0.0314. The number of β-amino-alcohol motifs (C(OH)–C–C–N with tert-alkyl or cyclic N) is 2. The molecule has 22 N–H and O–H groups in total. The first kappa shape index (κ1) is 106. The van der Waals surface area contributed by atoms with Crippen molar-refractivity contribution in [1.29, 1.82) is 0 Å². The van der Waals surface area contributed by atoms with Crippen LogP contribution in [0.1, 0.15) is 200 Å². The number of para-hydroxylation sites is 1. The number of nitrogens with two attached hydrogens (primary N) is 2. The smallest absolute Gasteiger partial charge is 0.248 e. The number of nitrogens with one attached hydrogen (secondary N) is 14. The lowest BCUT2D eigenvalue weighted by Gasteiger charge is -2.37. The highest BCUT2D eigenvalue weighted by molar-refractivity contribution is 6.04. The lowest BCUT2D eigenvalue weighted by molar-refractivity contribution is -0.148. The fourth-order valence-corrected chi connectivity index (χ4v) is 15.6. The number of amides is 18. The molecule has 4 heterocycles. The Bertz CT molecular complexity index is 4590. The molecule has 3 aromatic rings. The monoisotopic (exact) mass is 1810 g/mol. The van der Waals surface area contributed by atoms with E-state index in [4.69, 9.17) is 11.5 Å². The number of primary amides is 2. The minimum Gasteiger partial charge on any atom is -0.394 e. The molecule has 18 amide bonds. The van der Waals surface area contributed by atoms with Crippen LogP contribution in [-0.2, 0) is 99.1 Å².